The molecule has 6 heteroatoms. The van der Waals surface area contributed by atoms with Crippen LogP contribution in [-0.2, 0) is 0 Å². The Kier molecular flexibility index (Phi) is 4.92. The first-order valence-corrected chi connectivity index (χ1v) is 7.06. The van der Waals surface area contributed by atoms with Gasteiger partial charge in [-0.1, -0.05) is 26.8 Å². The second-order valence-corrected chi connectivity index (χ2v) is 5.03. The largest absolute Gasteiger partial charge is 0.494 e. The number of aromatic nitrogens is 3. The normalized spacial score (nSPS) is 10.7. The Labute approximate surface area is 123 Å². The van der Waals surface area contributed by atoms with Crippen LogP contribution in [0.3, 0.4) is 0 Å². The zero-order chi connectivity index (χ0) is 15.2. The molecular weight excluding hydrogens is 268 g/mol. The molecule has 2 rings (SSSR count). The number of carbonyl (C=O) groups is 1. The Bertz CT molecular complexity index is 607. The summed E-state index contributed by atoms with van der Waals surface area (Å²) in [5.41, 5.74) is 0.657. The number of anilines is 1. The van der Waals surface area contributed by atoms with E-state index >= 15 is 0 Å². The minimum Gasteiger partial charge on any atom is -0.494 e. The number of amides is 1. The summed E-state index contributed by atoms with van der Waals surface area (Å²) in [5.74, 6) is 1.42. The highest BCUT2D eigenvalue weighted by atomic mass is 16.5. The number of hydrogen-bond acceptors (Lipinski definition) is 4. The number of aromatic amines is 1. The molecule has 0 radical (unpaired) electrons. The number of nitrogens with one attached hydrogen (secondary N) is 2. The summed E-state index contributed by atoms with van der Waals surface area (Å²) in [6.45, 7) is 6.66. The number of rotatable bonds is 6. The zero-order valence-electron chi connectivity index (χ0n) is 12.5. The Morgan fingerprint density at radius 2 is 2.24 bits per heavy atom. The topological polar surface area (TPSA) is 79.9 Å². The number of ether oxygens (including phenoxy) is 1. The van der Waals surface area contributed by atoms with Crippen molar-refractivity contribution in [1.82, 2.24) is 15.2 Å². The molecule has 1 aromatic carbocycles. The van der Waals surface area contributed by atoms with Gasteiger partial charge in [-0.15, -0.1) is 5.10 Å². The highest BCUT2D eigenvalue weighted by Gasteiger charge is 2.14. The van der Waals surface area contributed by atoms with Crippen LogP contribution in [0.4, 0.5) is 5.69 Å². The van der Waals surface area contributed by atoms with Crippen LogP contribution >= 0.6 is 0 Å². The van der Waals surface area contributed by atoms with Crippen LogP contribution in [0.5, 0.6) is 5.75 Å². The molecular formula is C15H20N4O2. The van der Waals surface area contributed by atoms with Crippen LogP contribution in [-0.4, -0.2) is 27.7 Å². The van der Waals surface area contributed by atoms with Crippen LogP contribution in [0.1, 0.15) is 49.6 Å². The van der Waals surface area contributed by atoms with Crippen LogP contribution in [0.15, 0.2) is 24.3 Å². The lowest BCUT2D eigenvalue weighted by Gasteiger charge is -2.07. The van der Waals surface area contributed by atoms with E-state index < -0.39 is 0 Å². The van der Waals surface area contributed by atoms with Gasteiger partial charge < -0.3 is 10.1 Å². The highest BCUT2D eigenvalue weighted by Crippen LogP contribution is 2.18. The van der Waals surface area contributed by atoms with Crippen LogP contribution in [0.25, 0.3) is 0 Å². The average molecular weight is 288 g/mol. The molecule has 1 heterocycles. The second-order valence-electron chi connectivity index (χ2n) is 5.03. The lowest BCUT2D eigenvalue weighted by molar-refractivity contribution is 0.101. The van der Waals surface area contributed by atoms with Gasteiger partial charge in [-0.25, -0.2) is 4.98 Å². The van der Waals surface area contributed by atoms with Gasteiger partial charge >= 0.3 is 0 Å². The second kappa shape index (κ2) is 6.88. The lowest BCUT2D eigenvalue weighted by atomic mass is 10.2. The fourth-order valence-corrected chi connectivity index (χ4v) is 1.70. The van der Waals surface area contributed by atoms with Gasteiger partial charge in [0.1, 0.15) is 11.6 Å². The van der Waals surface area contributed by atoms with Gasteiger partial charge in [-0.3, -0.25) is 9.89 Å². The van der Waals surface area contributed by atoms with Crippen LogP contribution in [0.2, 0.25) is 0 Å². The molecule has 6 nitrogen and oxygen atoms in total. The van der Waals surface area contributed by atoms with Crippen molar-refractivity contribution >= 4 is 11.6 Å². The van der Waals surface area contributed by atoms with E-state index in [4.69, 9.17) is 4.74 Å². The highest BCUT2D eigenvalue weighted by molar-refractivity contribution is 6.01. The first-order valence-electron chi connectivity index (χ1n) is 7.06. The molecule has 0 unspecified atom stereocenters. The number of carbonyl (C=O) groups excluding carboxylic acids is 1. The molecule has 0 atom stereocenters. The third-order valence-corrected chi connectivity index (χ3v) is 2.82. The first-order chi connectivity index (χ1) is 10.1. The first kappa shape index (κ1) is 15.0. The maximum Gasteiger partial charge on any atom is 0.295 e. The third kappa shape index (κ3) is 4.05. The third-order valence-electron chi connectivity index (χ3n) is 2.82. The van der Waals surface area contributed by atoms with Crippen molar-refractivity contribution in [3.8, 4) is 5.75 Å². The molecule has 0 spiro atoms. The molecule has 1 aromatic heterocycles. The van der Waals surface area contributed by atoms with E-state index in [1.54, 1.807) is 12.1 Å². The van der Waals surface area contributed by atoms with Gasteiger partial charge in [0.25, 0.3) is 5.91 Å². The number of nitrogens with zero attached hydrogens (tertiary/aromatic N) is 2. The van der Waals surface area contributed by atoms with Crippen molar-refractivity contribution in [1.29, 1.82) is 0 Å². The quantitative estimate of drug-likeness (QED) is 0.856. The molecule has 112 valence electrons. The van der Waals surface area contributed by atoms with Crippen molar-refractivity contribution < 1.29 is 9.53 Å². The molecule has 1 amide bonds. The maximum absolute atomic E-state index is 12.1. The molecule has 0 saturated carbocycles. The van der Waals surface area contributed by atoms with E-state index in [-0.39, 0.29) is 17.6 Å². The van der Waals surface area contributed by atoms with E-state index in [1.165, 1.54) is 0 Å². The predicted octanol–water partition coefficient (Wildman–Crippen LogP) is 2.97. The summed E-state index contributed by atoms with van der Waals surface area (Å²) in [6, 6.07) is 7.27. The van der Waals surface area contributed by atoms with Crippen LogP contribution in [0, 0.1) is 0 Å². The molecule has 0 bridgehead atoms. The standard InChI is InChI=1S/C15H20N4O2/c1-4-8-21-12-7-5-6-11(9-12)16-15(20)14-17-13(10(2)3)18-19-14/h5-7,9-10H,4,8H2,1-3H3,(H,16,20)(H,17,18,19). The summed E-state index contributed by atoms with van der Waals surface area (Å²) >= 11 is 0. The van der Waals surface area contributed by atoms with E-state index in [9.17, 15) is 4.79 Å². The molecule has 0 aliphatic rings. The maximum atomic E-state index is 12.1. The summed E-state index contributed by atoms with van der Waals surface area (Å²) in [5, 5.41) is 9.45. The van der Waals surface area contributed by atoms with Crippen LogP contribution < -0.4 is 10.1 Å². The van der Waals surface area contributed by atoms with Crippen molar-refractivity contribution in [2.45, 2.75) is 33.1 Å². The molecule has 0 aliphatic heterocycles. The molecule has 2 N–H and O–H groups in total. The SMILES string of the molecule is CCCOc1cccc(NC(=O)c2n[nH]c(C(C)C)n2)c1. The monoisotopic (exact) mass is 288 g/mol. The van der Waals surface area contributed by atoms with Gasteiger partial charge in [0.05, 0.1) is 6.61 Å². The summed E-state index contributed by atoms with van der Waals surface area (Å²) in [4.78, 5) is 16.2. The van der Waals surface area contributed by atoms with Gasteiger partial charge in [0.2, 0.25) is 5.82 Å². The summed E-state index contributed by atoms with van der Waals surface area (Å²) < 4.78 is 5.53. The van der Waals surface area contributed by atoms with E-state index in [1.807, 2.05) is 32.9 Å². The predicted molar refractivity (Wildman–Crippen MR) is 80.7 cm³/mol. The average Bonchev–Trinajstić information content (AvgIpc) is 2.95. The fourth-order valence-electron chi connectivity index (χ4n) is 1.70. The Balaban J connectivity index is 2.04. The Hall–Kier alpha value is -2.37. The molecule has 0 fully saturated rings. The molecule has 21 heavy (non-hydrogen) atoms. The Morgan fingerprint density at radius 3 is 2.90 bits per heavy atom. The molecule has 2 aromatic rings. The molecule has 0 aliphatic carbocycles. The summed E-state index contributed by atoms with van der Waals surface area (Å²) in [7, 11) is 0. The van der Waals surface area contributed by atoms with Crippen molar-refractivity contribution in [2.24, 2.45) is 0 Å². The van der Waals surface area contributed by atoms with E-state index in [2.05, 4.69) is 20.5 Å². The number of hydrogen-bond donors (Lipinski definition) is 2. The fraction of sp³-hybridized carbons (Fsp3) is 0.400. The zero-order valence-corrected chi connectivity index (χ0v) is 12.5. The smallest absolute Gasteiger partial charge is 0.295 e. The van der Waals surface area contributed by atoms with Gasteiger partial charge in [-0.2, -0.15) is 0 Å². The minimum atomic E-state index is -0.342. The Morgan fingerprint density at radius 1 is 1.43 bits per heavy atom. The number of benzene rings is 1. The van der Waals surface area contributed by atoms with Gasteiger partial charge in [-0.05, 0) is 18.6 Å². The van der Waals surface area contributed by atoms with Crippen molar-refractivity contribution in [3.05, 3.63) is 35.9 Å². The summed E-state index contributed by atoms with van der Waals surface area (Å²) in [6.07, 6.45) is 0.936. The minimum absolute atomic E-state index is 0.138. The van der Waals surface area contributed by atoms with E-state index in [0.717, 1.165) is 12.2 Å². The lowest BCUT2D eigenvalue weighted by Crippen LogP contribution is -2.14. The van der Waals surface area contributed by atoms with Gasteiger partial charge in [0, 0.05) is 17.7 Å². The van der Waals surface area contributed by atoms with E-state index in [0.29, 0.717) is 18.1 Å². The van der Waals surface area contributed by atoms with Crippen molar-refractivity contribution in [2.75, 3.05) is 11.9 Å². The number of H-pyrrole nitrogens is 1. The van der Waals surface area contributed by atoms with Crippen molar-refractivity contribution in [3.63, 3.8) is 0 Å². The molecule has 0 saturated heterocycles. The van der Waals surface area contributed by atoms with Gasteiger partial charge in [0.15, 0.2) is 0 Å².